The Morgan fingerprint density at radius 3 is 2.59 bits per heavy atom. The number of sulfonamides is 1. The molecule has 0 spiro atoms. The molecule has 6 atom stereocenters. The molecular weight excluding hydrogens is 548 g/mol. The minimum atomic E-state index is -4.07. The van der Waals surface area contributed by atoms with Crippen LogP contribution < -0.4 is 16.4 Å². The first kappa shape index (κ1) is 29.3. The number of aliphatic hydroxyl groups is 1. The van der Waals surface area contributed by atoms with Crippen LogP contribution in [0.3, 0.4) is 0 Å². The molecule has 2 aromatic carbocycles. The van der Waals surface area contributed by atoms with E-state index in [1.54, 1.807) is 0 Å². The zero-order chi connectivity index (χ0) is 29.0. The van der Waals surface area contributed by atoms with Gasteiger partial charge in [0.2, 0.25) is 15.9 Å². The Bertz CT molecular complexity index is 1300. The normalized spacial score (nSPS) is 25.5. The maximum absolute atomic E-state index is 13.7. The molecular formula is C29H38N4O7S. The lowest BCUT2D eigenvalue weighted by Crippen LogP contribution is -2.52. The van der Waals surface area contributed by atoms with Gasteiger partial charge in [-0.25, -0.2) is 13.2 Å². The second-order valence-corrected chi connectivity index (χ2v) is 13.1. The summed E-state index contributed by atoms with van der Waals surface area (Å²) < 4.78 is 40.0. The Morgan fingerprint density at radius 1 is 1.15 bits per heavy atom. The van der Waals surface area contributed by atoms with Crippen LogP contribution in [0.5, 0.6) is 0 Å². The molecule has 0 aromatic heterocycles. The highest BCUT2D eigenvalue weighted by Crippen LogP contribution is 2.37. The largest absolute Gasteiger partial charge is 0.446 e. The molecule has 3 aliphatic rings. The Kier molecular flexibility index (Phi) is 9.12. The molecule has 12 heteroatoms. The number of carbonyl (C=O) groups is 2. The third-order valence-corrected chi connectivity index (χ3v) is 10.0. The zero-order valence-corrected chi connectivity index (χ0v) is 23.7. The average Bonchev–Trinajstić information content (AvgIpc) is 3.65. The Morgan fingerprint density at radius 2 is 1.90 bits per heavy atom. The molecule has 41 heavy (non-hydrogen) atoms. The van der Waals surface area contributed by atoms with E-state index < -0.39 is 34.3 Å². The lowest BCUT2D eigenvalue weighted by atomic mass is 10.0. The molecule has 5 N–H and O–H groups in total. The van der Waals surface area contributed by atoms with Gasteiger partial charge in [-0.3, -0.25) is 4.79 Å². The van der Waals surface area contributed by atoms with E-state index in [4.69, 9.17) is 15.2 Å². The van der Waals surface area contributed by atoms with Crippen LogP contribution in [0.4, 0.5) is 10.5 Å². The minimum Gasteiger partial charge on any atom is -0.446 e. The number of anilines is 1. The first-order chi connectivity index (χ1) is 19.7. The maximum Gasteiger partial charge on any atom is 0.407 e. The number of alkyl carbamates (subject to hydrolysis) is 1. The van der Waals surface area contributed by atoms with Crippen LogP contribution in [-0.4, -0.2) is 79.9 Å². The number of fused-ring (bicyclic) bond motifs is 1. The molecule has 2 aliphatic heterocycles. The molecule has 11 nitrogen and oxygen atoms in total. The standard InChI is InChI=1S/C29H38N4O7S/c30-21-6-9-24(10-7-21)41(37,38)33(17-22-8-11-28(35)31-22)18-26(34)25(14-19-4-2-1-3-5-19)32-29(36)40-23-15-20-12-13-39-27(20)16-23/h1-7,9-10,20,22-23,25-27,34H,8,11-18,30H2,(H,31,35)(H,32,36)/t20-,22-,23+,25-,26+,27+/m0/s1. The number of aliphatic hydroxyl groups excluding tert-OH is 1. The van der Waals surface area contributed by atoms with Crippen molar-refractivity contribution in [2.75, 3.05) is 25.4 Å². The minimum absolute atomic E-state index is 0.0178. The number of nitrogens with one attached hydrogen (secondary N) is 2. The highest BCUT2D eigenvalue weighted by Gasteiger charge is 2.41. The SMILES string of the molecule is Nc1ccc(S(=O)(=O)N(C[C@@H]2CCC(=O)N2)C[C@@H](O)[C@H](Cc2ccccc2)NC(=O)O[C@@H]2C[C@@H]3CCO[C@@H]3C2)cc1. The summed E-state index contributed by atoms with van der Waals surface area (Å²) >= 11 is 0. The first-order valence-corrected chi connectivity index (χ1v) is 15.6. The highest BCUT2D eigenvalue weighted by atomic mass is 32.2. The van der Waals surface area contributed by atoms with Gasteiger partial charge in [0.1, 0.15) is 6.10 Å². The topological polar surface area (TPSA) is 160 Å². The average molecular weight is 587 g/mol. The van der Waals surface area contributed by atoms with Crippen LogP contribution in [0.2, 0.25) is 0 Å². The molecule has 1 saturated carbocycles. The van der Waals surface area contributed by atoms with Gasteiger partial charge >= 0.3 is 6.09 Å². The number of benzene rings is 2. The van der Waals surface area contributed by atoms with E-state index in [1.807, 2.05) is 30.3 Å². The predicted molar refractivity (Wildman–Crippen MR) is 151 cm³/mol. The van der Waals surface area contributed by atoms with Crippen LogP contribution in [0.25, 0.3) is 0 Å². The summed E-state index contributed by atoms with van der Waals surface area (Å²) in [5, 5.41) is 17.1. The summed E-state index contributed by atoms with van der Waals surface area (Å²) in [6, 6.07) is 13.9. The number of ether oxygens (including phenoxy) is 2. The molecule has 5 rings (SSSR count). The monoisotopic (exact) mass is 586 g/mol. The molecule has 2 aromatic rings. The summed E-state index contributed by atoms with van der Waals surface area (Å²) in [7, 11) is -4.07. The summed E-state index contributed by atoms with van der Waals surface area (Å²) in [6.45, 7) is 0.404. The zero-order valence-electron chi connectivity index (χ0n) is 22.9. The van der Waals surface area contributed by atoms with Crippen molar-refractivity contribution in [2.24, 2.45) is 5.92 Å². The summed E-state index contributed by atoms with van der Waals surface area (Å²) in [6.07, 6.45) is 1.29. The molecule has 3 fully saturated rings. The van der Waals surface area contributed by atoms with Crippen LogP contribution >= 0.6 is 0 Å². The van der Waals surface area contributed by atoms with E-state index in [0.29, 0.717) is 30.9 Å². The van der Waals surface area contributed by atoms with Crippen molar-refractivity contribution in [1.29, 1.82) is 0 Å². The number of nitrogens with two attached hydrogens (primary N) is 1. The Hall–Kier alpha value is -3.19. The summed E-state index contributed by atoms with van der Waals surface area (Å²) in [5.41, 5.74) is 7.04. The van der Waals surface area contributed by atoms with Crippen molar-refractivity contribution in [1.82, 2.24) is 14.9 Å². The molecule has 222 valence electrons. The van der Waals surface area contributed by atoms with Crippen molar-refractivity contribution in [2.45, 2.75) is 73.8 Å². The fourth-order valence-corrected chi connectivity index (χ4v) is 7.46. The molecule has 2 amide bonds. The maximum atomic E-state index is 13.7. The van der Waals surface area contributed by atoms with Gasteiger partial charge in [-0.1, -0.05) is 30.3 Å². The van der Waals surface area contributed by atoms with Gasteiger partial charge in [-0.15, -0.1) is 0 Å². The number of amides is 2. The van der Waals surface area contributed by atoms with Crippen LogP contribution in [0.1, 0.15) is 37.7 Å². The first-order valence-electron chi connectivity index (χ1n) is 14.1. The number of carbonyl (C=O) groups excluding carboxylic acids is 2. The lowest BCUT2D eigenvalue weighted by Gasteiger charge is -2.31. The van der Waals surface area contributed by atoms with Crippen molar-refractivity contribution >= 4 is 27.7 Å². The quantitative estimate of drug-likeness (QED) is 0.290. The van der Waals surface area contributed by atoms with E-state index in [2.05, 4.69) is 10.6 Å². The smallest absolute Gasteiger partial charge is 0.407 e. The van der Waals surface area contributed by atoms with Crippen LogP contribution in [-0.2, 0) is 30.7 Å². The summed E-state index contributed by atoms with van der Waals surface area (Å²) in [4.78, 5) is 24.9. The van der Waals surface area contributed by atoms with Gasteiger partial charge in [0.05, 0.1) is 23.1 Å². The molecule has 2 saturated heterocycles. The number of nitrogen functional groups attached to an aromatic ring is 1. The summed E-state index contributed by atoms with van der Waals surface area (Å²) in [5.74, 6) is 0.245. The third kappa shape index (κ3) is 7.37. The fraction of sp³-hybridized carbons (Fsp3) is 0.517. The van der Waals surface area contributed by atoms with Crippen molar-refractivity contribution < 1.29 is 32.6 Å². The van der Waals surface area contributed by atoms with E-state index in [0.717, 1.165) is 25.0 Å². The molecule has 0 radical (unpaired) electrons. The van der Waals surface area contributed by atoms with Crippen molar-refractivity contribution in [3.8, 4) is 0 Å². The number of nitrogens with zero attached hydrogens (tertiary/aromatic N) is 1. The van der Waals surface area contributed by atoms with Crippen LogP contribution in [0, 0.1) is 5.92 Å². The van der Waals surface area contributed by atoms with Gasteiger partial charge in [-0.2, -0.15) is 4.31 Å². The van der Waals surface area contributed by atoms with Gasteiger partial charge < -0.3 is 30.9 Å². The van der Waals surface area contributed by atoms with Crippen molar-refractivity contribution in [3.63, 3.8) is 0 Å². The van der Waals surface area contributed by atoms with E-state index in [9.17, 15) is 23.1 Å². The second kappa shape index (κ2) is 12.8. The van der Waals surface area contributed by atoms with Crippen LogP contribution in [0.15, 0.2) is 59.5 Å². The van der Waals surface area contributed by atoms with Gasteiger partial charge in [-0.05, 0) is 61.4 Å². The van der Waals surface area contributed by atoms with Crippen molar-refractivity contribution in [3.05, 3.63) is 60.2 Å². The van der Waals surface area contributed by atoms with Gasteiger partial charge in [0.15, 0.2) is 0 Å². The Labute approximate surface area is 240 Å². The van der Waals surface area contributed by atoms with E-state index >= 15 is 0 Å². The predicted octanol–water partition coefficient (Wildman–Crippen LogP) is 1.80. The molecule has 0 unspecified atom stereocenters. The third-order valence-electron chi connectivity index (χ3n) is 8.16. The van der Waals surface area contributed by atoms with E-state index in [-0.39, 0.29) is 42.5 Å². The molecule has 0 bridgehead atoms. The molecule has 2 heterocycles. The number of hydrogen-bond acceptors (Lipinski definition) is 8. The highest BCUT2D eigenvalue weighted by molar-refractivity contribution is 7.89. The molecule has 1 aliphatic carbocycles. The van der Waals surface area contributed by atoms with E-state index in [1.165, 1.54) is 28.6 Å². The number of hydrogen-bond donors (Lipinski definition) is 4. The van der Waals surface area contributed by atoms with Gasteiger partial charge in [0, 0.05) is 44.3 Å². The second-order valence-electron chi connectivity index (χ2n) is 11.2. The number of rotatable bonds is 11. The lowest BCUT2D eigenvalue weighted by molar-refractivity contribution is -0.119. The van der Waals surface area contributed by atoms with Gasteiger partial charge in [0.25, 0.3) is 0 Å². The Balaban J connectivity index is 1.33. The fourth-order valence-electron chi connectivity index (χ4n) is 5.96.